The fourth-order valence-corrected chi connectivity index (χ4v) is 5.26. The van der Waals surface area contributed by atoms with Gasteiger partial charge in [0.2, 0.25) is 5.91 Å². The summed E-state index contributed by atoms with van der Waals surface area (Å²) in [6, 6.07) is 11.7. The topological polar surface area (TPSA) is 88.6 Å². The van der Waals surface area contributed by atoms with Crippen LogP contribution in [0.25, 0.3) is 0 Å². The van der Waals surface area contributed by atoms with Crippen LogP contribution >= 0.6 is 11.3 Å². The maximum atomic E-state index is 13.0. The first-order valence-corrected chi connectivity index (χ1v) is 11.8. The van der Waals surface area contributed by atoms with Gasteiger partial charge in [0.25, 0.3) is 10.0 Å². The van der Waals surface area contributed by atoms with Gasteiger partial charge in [0.1, 0.15) is 12.4 Å². The Morgan fingerprint density at radius 1 is 1.30 bits per heavy atom. The van der Waals surface area contributed by atoms with Crippen LogP contribution in [0, 0.1) is 0 Å². The maximum absolute atomic E-state index is 13.0. The second kappa shape index (κ2) is 8.08. The quantitative estimate of drug-likeness (QED) is 0.626. The second-order valence-corrected chi connectivity index (χ2v) is 9.50. The van der Waals surface area contributed by atoms with Gasteiger partial charge >= 0.3 is 0 Å². The highest BCUT2D eigenvalue weighted by atomic mass is 32.2. The fourth-order valence-electron chi connectivity index (χ4n) is 3.60. The average Bonchev–Trinajstić information content (AvgIpc) is 3.33. The molecule has 3 aromatic rings. The number of hydrogen-bond acceptors (Lipinski definition) is 6. The van der Waals surface area contributed by atoms with E-state index in [1.807, 2.05) is 12.3 Å². The van der Waals surface area contributed by atoms with Crippen LogP contribution in [-0.4, -0.2) is 25.4 Å². The number of fused-ring (bicyclic) bond motifs is 1. The Morgan fingerprint density at radius 3 is 2.83 bits per heavy atom. The van der Waals surface area contributed by atoms with Crippen molar-refractivity contribution in [3.8, 4) is 5.75 Å². The van der Waals surface area contributed by atoms with Gasteiger partial charge in [0.05, 0.1) is 21.8 Å². The number of anilines is 2. The number of hydrogen-bond donors (Lipinski definition) is 1. The Hall–Kier alpha value is -2.91. The Labute approximate surface area is 179 Å². The first-order chi connectivity index (χ1) is 14.3. The van der Waals surface area contributed by atoms with Gasteiger partial charge in [-0.05, 0) is 49.2 Å². The summed E-state index contributed by atoms with van der Waals surface area (Å²) in [6.45, 7) is 3.71. The number of carbonyl (C=O) groups is 1. The summed E-state index contributed by atoms with van der Waals surface area (Å²) in [7, 11) is -3.83. The minimum Gasteiger partial charge on any atom is -0.485 e. The van der Waals surface area contributed by atoms with Crippen molar-refractivity contribution in [3.63, 3.8) is 0 Å². The highest BCUT2D eigenvalue weighted by molar-refractivity contribution is 7.92. The highest BCUT2D eigenvalue weighted by Crippen LogP contribution is 2.35. The monoisotopic (exact) mass is 443 g/mol. The molecule has 0 bridgehead atoms. The van der Waals surface area contributed by atoms with Crippen LogP contribution in [0.3, 0.4) is 0 Å². The van der Waals surface area contributed by atoms with E-state index in [0.717, 1.165) is 16.9 Å². The van der Waals surface area contributed by atoms with Gasteiger partial charge in [-0.25, -0.2) is 13.4 Å². The Bertz CT molecular complexity index is 1180. The van der Waals surface area contributed by atoms with E-state index in [-0.39, 0.29) is 23.5 Å². The van der Waals surface area contributed by atoms with Crippen LogP contribution in [0.15, 0.2) is 58.3 Å². The second-order valence-electron chi connectivity index (χ2n) is 7.10. The molecule has 2 aromatic carbocycles. The molecule has 1 N–H and O–H groups in total. The lowest BCUT2D eigenvalue weighted by molar-refractivity contribution is -0.116. The molecule has 0 spiro atoms. The molecular weight excluding hydrogens is 422 g/mol. The molecule has 1 aliphatic rings. The van der Waals surface area contributed by atoms with Crippen molar-refractivity contribution in [2.75, 3.05) is 9.62 Å². The third-order valence-corrected chi connectivity index (χ3v) is 6.91. The molecule has 0 aliphatic carbocycles. The number of para-hydroxylation sites is 2. The van der Waals surface area contributed by atoms with Crippen molar-refractivity contribution in [3.05, 3.63) is 64.6 Å². The third kappa shape index (κ3) is 4.03. The van der Waals surface area contributed by atoms with Crippen LogP contribution in [0.4, 0.5) is 11.4 Å². The number of sulfonamides is 1. The smallest absolute Gasteiger partial charge is 0.262 e. The average molecular weight is 444 g/mol. The van der Waals surface area contributed by atoms with E-state index in [2.05, 4.69) is 9.71 Å². The summed E-state index contributed by atoms with van der Waals surface area (Å²) >= 11 is 1.47. The van der Waals surface area contributed by atoms with E-state index in [1.54, 1.807) is 46.8 Å². The molecule has 156 valence electrons. The molecule has 1 aliphatic heterocycles. The minimum absolute atomic E-state index is 0.00301. The minimum atomic E-state index is -3.83. The van der Waals surface area contributed by atoms with Gasteiger partial charge in [0, 0.05) is 24.0 Å². The molecule has 0 saturated carbocycles. The van der Waals surface area contributed by atoms with Crippen molar-refractivity contribution in [2.24, 2.45) is 0 Å². The van der Waals surface area contributed by atoms with Crippen LogP contribution in [0.1, 0.15) is 25.1 Å². The van der Waals surface area contributed by atoms with Gasteiger partial charge in [-0.2, -0.15) is 0 Å². The molecule has 0 fully saturated rings. The van der Waals surface area contributed by atoms with Gasteiger partial charge in [-0.3, -0.25) is 9.52 Å². The van der Waals surface area contributed by atoms with Crippen molar-refractivity contribution in [1.29, 1.82) is 0 Å². The summed E-state index contributed by atoms with van der Waals surface area (Å²) in [4.78, 5) is 17.9. The Kier molecular flexibility index (Phi) is 5.48. The summed E-state index contributed by atoms with van der Waals surface area (Å²) in [5.41, 5.74) is 4.46. The van der Waals surface area contributed by atoms with E-state index in [0.29, 0.717) is 17.9 Å². The van der Waals surface area contributed by atoms with E-state index in [1.165, 1.54) is 24.3 Å². The molecule has 1 atom stereocenters. The van der Waals surface area contributed by atoms with E-state index < -0.39 is 10.0 Å². The number of aromatic nitrogens is 1. The molecule has 1 amide bonds. The SMILES string of the molecule is CC(=O)N1c2ccc(S(=O)(=O)Nc3ccccc3OCc3cscn3)cc2CC1C. The largest absolute Gasteiger partial charge is 0.485 e. The number of nitrogens with zero attached hydrogens (tertiary/aromatic N) is 2. The predicted molar refractivity (Wildman–Crippen MR) is 116 cm³/mol. The van der Waals surface area contributed by atoms with Crippen molar-refractivity contribution in [1.82, 2.24) is 4.98 Å². The number of carbonyl (C=O) groups excluding carboxylic acids is 1. The molecular formula is C21H21N3O4S2. The fraction of sp³-hybridized carbons (Fsp3) is 0.238. The molecule has 1 aromatic heterocycles. The lowest BCUT2D eigenvalue weighted by Gasteiger charge is -2.20. The van der Waals surface area contributed by atoms with Crippen LogP contribution in [-0.2, 0) is 27.8 Å². The van der Waals surface area contributed by atoms with E-state index in [9.17, 15) is 13.2 Å². The summed E-state index contributed by atoms with van der Waals surface area (Å²) in [5, 5.41) is 1.88. The van der Waals surface area contributed by atoms with Gasteiger partial charge in [-0.15, -0.1) is 11.3 Å². The lowest BCUT2D eigenvalue weighted by atomic mass is 10.1. The van der Waals surface area contributed by atoms with Crippen LogP contribution in [0.5, 0.6) is 5.75 Å². The molecule has 0 saturated heterocycles. The van der Waals surface area contributed by atoms with E-state index >= 15 is 0 Å². The van der Waals surface area contributed by atoms with E-state index in [4.69, 9.17) is 4.74 Å². The highest BCUT2D eigenvalue weighted by Gasteiger charge is 2.30. The van der Waals surface area contributed by atoms with Crippen LogP contribution < -0.4 is 14.4 Å². The van der Waals surface area contributed by atoms with Crippen molar-refractivity contribution < 1.29 is 17.9 Å². The van der Waals surface area contributed by atoms with Crippen molar-refractivity contribution >= 4 is 38.6 Å². The molecule has 1 unspecified atom stereocenters. The first-order valence-electron chi connectivity index (χ1n) is 9.39. The van der Waals surface area contributed by atoms with Gasteiger partial charge < -0.3 is 9.64 Å². The number of amides is 1. The molecule has 30 heavy (non-hydrogen) atoms. The lowest BCUT2D eigenvalue weighted by Crippen LogP contribution is -2.33. The standard InChI is InChI=1S/C21H21N3O4S2/c1-14-9-16-10-18(7-8-20(16)24(14)15(2)25)30(26,27)23-19-5-3-4-6-21(19)28-11-17-12-29-13-22-17/h3-8,10,12-14,23H,9,11H2,1-2H3. The third-order valence-electron chi connectivity index (χ3n) is 4.91. The number of ether oxygens (including phenoxy) is 1. The zero-order valence-corrected chi connectivity index (χ0v) is 18.2. The first kappa shape index (κ1) is 20.4. The Balaban J connectivity index is 1.57. The van der Waals surface area contributed by atoms with Crippen LogP contribution in [0.2, 0.25) is 0 Å². The number of benzene rings is 2. The van der Waals surface area contributed by atoms with Gasteiger partial charge in [-0.1, -0.05) is 12.1 Å². The maximum Gasteiger partial charge on any atom is 0.262 e. The number of thiazole rings is 1. The molecule has 9 heteroatoms. The zero-order valence-electron chi connectivity index (χ0n) is 16.5. The molecule has 4 rings (SSSR count). The molecule has 0 radical (unpaired) electrons. The summed E-state index contributed by atoms with van der Waals surface area (Å²) < 4.78 is 34.4. The van der Waals surface area contributed by atoms with Crippen molar-refractivity contribution in [2.45, 2.75) is 37.8 Å². The number of nitrogens with one attached hydrogen (secondary N) is 1. The summed E-state index contributed by atoms with van der Waals surface area (Å²) in [6.07, 6.45) is 0.617. The molecule has 7 nitrogen and oxygen atoms in total. The zero-order chi connectivity index (χ0) is 21.3. The molecule has 2 heterocycles. The number of rotatable bonds is 6. The van der Waals surface area contributed by atoms with Gasteiger partial charge in [0.15, 0.2) is 0 Å². The predicted octanol–water partition coefficient (Wildman–Crippen LogP) is 3.82. The summed E-state index contributed by atoms with van der Waals surface area (Å²) in [5.74, 6) is 0.368. The normalized spacial score (nSPS) is 15.7. The Morgan fingerprint density at radius 2 is 2.10 bits per heavy atom.